The topological polar surface area (TPSA) is 513 Å². The van der Waals surface area contributed by atoms with Gasteiger partial charge in [0, 0.05) is 12.8 Å². The second-order valence-electron chi connectivity index (χ2n) is 26.8. The summed E-state index contributed by atoms with van der Waals surface area (Å²) < 4.78 is 119. The van der Waals surface area contributed by atoms with Gasteiger partial charge in [0.25, 0.3) is 0 Å². The zero-order chi connectivity index (χ0) is 88.1. The van der Waals surface area contributed by atoms with Gasteiger partial charge in [0.2, 0.25) is 0 Å². The van der Waals surface area contributed by atoms with Gasteiger partial charge in [-0.2, -0.15) is 0 Å². The fourth-order valence-corrected chi connectivity index (χ4v) is 6.10. The molecule has 10 N–H and O–H groups in total. The van der Waals surface area contributed by atoms with E-state index in [-0.39, 0.29) is 148 Å². The van der Waals surface area contributed by atoms with Crippen LogP contribution in [0.3, 0.4) is 0 Å². The molecule has 0 aromatic rings. The van der Waals surface area contributed by atoms with Crippen molar-refractivity contribution < 1.29 is 268 Å². The van der Waals surface area contributed by atoms with Crippen LogP contribution in [-0.4, -0.2) is 235 Å². The van der Waals surface area contributed by atoms with Crippen LogP contribution < -0.4 is 127 Å². The van der Waals surface area contributed by atoms with Gasteiger partial charge in [-0.05, 0) is 170 Å². The van der Waals surface area contributed by atoms with Crippen molar-refractivity contribution in [2.45, 2.75) is 246 Å². The van der Waals surface area contributed by atoms with Crippen LogP contribution in [0, 0.1) is 29.6 Å². The minimum Gasteiger partial charge on any atom is -1.00 e. The average Bonchev–Trinajstić information content (AvgIpc) is 0.996. The molecule has 0 fully saturated rings. The molecule has 0 aromatic carbocycles. The summed E-state index contributed by atoms with van der Waals surface area (Å²) >= 11 is 0. The smallest absolute Gasteiger partial charge is 1.00 e. The molecule has 46 heteroatoms. The number of carbonyl (C=O) groups is 6. The molecule has 117 heavy (non-hydrogen) atoms. The first-order chi connectivity index (χ1) is 52.2. The first-order valence-electron chi connectivity index (χ1n) is 38.4. The van der Waals surface area contributed by atoms with Crippen molar-refractivity contribution in [3.05, 3.63) is 0 Å². The third-order valence-electron chi connectivity index (χ3n) is 11.7. The molecule has 0 aromatic heterocycles. The zero-order valence-corrected chi connectivity index (χ0v) is 84.4. The van der Waals surface area contributed by atoms with Crippen molar-refractivity contribution in [1.82, 2.24) is 10.6 Å². The van der Waals surface area contributed by atoms with Crippen molar-refractivity contribution in [2.24, 2.45) is 29.6 Å². The third kappa shape index (κ3) is 181. The Balaban J connectivity index is -0.0000000848. The van der Waals surface area contributed by atoms with Crippen molar-refractivity contribution in [2.75, 3.05) is 154 Å². The monoisotopic (exact) mass is 1850 g/mol. The molecule has 0 aliphatic rings. The Morgan fingerprint density at radius 3 is 0.752 bits per heavy atom. The molecule has 0 bridgehead atoms. The predicted molar refractivity (Wildman–Crippen MR) is 417 cm³/mol. The van der Waals surface area contributed by atoms with Gasteiger partial charge in [0.1, 0.15) is 13.2 Å². The molecule has 0 atom stereocenters. The number of halogens is 3. The van der Waals surface area contributed by atoms with E-state index in [0.717, 1.165) is 103 Å². The summed E-state index contributed by atoms with van der Waals surface area (Å²) in [6.45, 7) is 46.2. The van der Waals surface area contributed by atoms with E-state index in [9.17, 15) is 52.2 Å². The molecule has 0 aliphatic carbocycles. The first-order valence-corrected chi connectivity index (χ1v) is 42.9. The molecule has 702 valence electrons. The Morgan fingerprint density at radius 1 is 0.325 bits per heavy atom. The number of hydrogen-bond acceptors (Lipinski definition) is 32. The van der Waals surface area contributed by atoms with Crippen LogP contribution in [-0.2, 0) is 103 Å². The number of rotatable bonds is 52. The number of quaternary nitrogens is 2. The van der Waals surface area contributed by atoms with Crippen LogP contribution in [0.5, 0.6) is 0 Å². The maximum absolute atomic E-state index is 10.9. The van der Waals surface area contributed by atoms with Crippen molar-refractivity contribution in [3.63, 3.8) is 0 Å². The Morgan fingerprint density at radius 2 is 0.538 bits per heavy atom. The summed E-state index contributed by atoms with van der Waals surface area (Å²) in [4.78, 5) is 118. The first kappa shape index (κ1) is 147. The van der Waals surface area contributed by atoms with Crippen LogP contribution in [0.4, 0.5) is 28.8 Å². The van der Waals surface area contributed by atoms with Gasteiger partial charge < -0.3 is 173 Å². The third-order valence-corrected chi connectivity index (χ3v) is 13.1. The van der Waals surface area contributed by atoms with Gasteiger partial charge in [-0.15, -0.1) is 0 Å². The molecule has 0 amide bonds. The summed E-state index contributed by atoms with van der Waals surface area (Å²) in [6, 6.07) is 0. The zero-order valence-electron chi connectivity index (χ0n) is 75.5. The van der Waals surface area contributed by atoms with Crippen molar-refractivity contribution in [3.8, 4) is 0 Å². The molecular formula is C71H155Cl3N4Na2O34P3-. The maximum Gasteiger partial charge on any atom is 1.00 e. The number of unbranched alkanes of at least 4 members (excludes halogenated alkanes) is 2. The number of carbonyl (C=O) groups excluding carboxylic acids is 6. The van der Waals surface area contributed by atoms with Gasteiger partial charge in [-0.25, -0.2) is 37.9 Å². The molecule has 0 radical (unpaired) electrons. The minimum absolute atomic E-state index is 0. The summed E-state index contributed by atoms with van der Waals surface area (Å²) in [5, 5.41) is 9.98. The second-order valence-corrected chi connectivity index (χ2v) is 30.4. The molecule has 0 heterocycles. The number of phosphoric acid groups is 3. The standard InChI is InChI=1S/2C10H21NO3.2C10H20O3.2C9H19NO4.C5H13O4P.2C4H11O5P.3ClH.2Na/c2*1-9(2)5-8-14-10(12)13-7-4-6-11-3;2*1-4-5-7-12-10(11)13-8-6-9(2)3;2*1-8(2)13-7-14-9(11)12-6-4-5-10-3;1-5(2)3-4-9-10(6,7)8;2*1-4(2)8-3-9-10(5,6)7;;;;;/h2*9,11H,4-8H2,1-3H3;2*9H,4-8H2,1-3H3;2*8,10H,4-7H2,1-3H3;5H,3-4H2,1-2H3,(H2,6,7,8);2*4H,3H2,1-2H3,(H2,5,6,7);3*1H;;/q;;;;;;;;;;;;2*+1/p-3. The summed E-state index contributed by atoms with van der Waals surface area (Å²) in [6.07, 6.45) is 7.73. The summed E-state index contributed by atoms with van der Waals surface area (Å²) in [7, 11) is -5.76. The van der Waals surface area contributed by atoms with Crippen molar-refractivity contribution >= 4 is 60.4 Å². The number of hydrogen-bond donors (Lipinski definition) is 8. The molecule has 0 aliphatic heterocycles. The van der Waals surface area contributed by atoms with Crippen LogP contribution in [0.25, 0.3) is 0 Å². The van der Waals surface area contributed by atoms with E-state index in [2.05, 4.69) is 93.8 Å². The maximum atomic E-state index is 10.9. The predicted octanol–water partition coefficient (Wildman–Crippen LogP) is -4.37. The molecule has 0 rings (SSSR count). The summed E-state index contributed by atoms with van der Waals surface area (Å²) in [5.41, 5.74) is 0. The quantitative estimate of drug-likeness (QED) is 0.00712. The van der Waals surface area contributed by atoms with Crippen LogP contribution in [0.1, 0.15) is 222 Å². The number of nitrogens with two attached hydrogens (primary N) is 2. The van der Waals surface area contributed by atoms with Gasteiger partial charge in [0.05, 0.1) is 119 Å². The Labute approximate surface area is 763 Å². The molecule has 38 nitrogen and oxygen atoms in total. The Bertz CT molecular complexity index is 1990. The normalized spacial score (nSPS) is 10.4. The Hall–Kier alpha value is -1.50. The minimum atomic E-state index is -4.85. The van der Waals surface area contributed by atoms with E-state index in [1.165, 1.54) is 0 Å². The van der Waals surface area contributed by atoms with Crippen LogP contribution in [0.2, 0.25) is 0 Å². The molecule has 0 unspecified atom stereocenters. The number of nitrogens with one attached hydrogen (secondary N) is 2. The van der Waals surface area contributed by atoms with Gasteiger partial charge in [0.15, 0.2) is 27.2 Å². The van der Waals surface area contributed by atoms with E-state index in [1.807, 2.05) is 94.2 Å². The van der Waals surface area contributed by atoms with Crippen LogP contribution in [0.15, 0.2) is 0 Å². The van der Waals surface area contributed by atoms with Crippen molar-refractivity contribution in [1.29, 1.82) is 0 Å². The molecule has 0 saturated heterocycles. The van der Waals surface area contributed by atoms with E-state index < -0.39 is 67.2 Å². The average molecular weight is 1850 g/mol. The van der Waals surface area contributed by atoms with Gasteiger partial charge >= 0.3 is 112 Å². The molecule has 0 saturated carbocycles. The number of ether oxygens (including phenoxy) is 16. The second kappa shape index (κ2) is 109. The largest absolute Gasteiger partial charge is 1.00 e. The molecule has 0 spiro atoms. The van der Waals surface area contributed by atoms with E-state index >= 15 is 0 Å². The summed E-state index contributed by atoms with van der Waals surface area (Å²) in [5.74, 6) is 2.63. The van der Waals surface area contributed by atoms with E-state index in [0.29, 0.717) is 102 Å². The number of phosphoric ester groups is 3. The van der Waals surface area contributed by atoms with E-state index in [1.54, 1.807) is 27.7 Å². The van der Waals surface area contributed by atoms with Crippen LogP contribution >= 0.6 is 23.5 Å². The van der Waals surface area contributed by atoms with Gasteiger partial charge in [-0.1, -0.05) is 95.9 Å². The van der Waals surface area contributed by atoms with E-state index in [4.69, 9.17) is 81.2 Å². The Kier molecular flexibility index (Phi) is 137. The fraction of sp³-hybridized carbons (Fsp3) is 0.915. The van der Waals surface area contributed by atoms with Gasteiger partial charge in [-0.3, -0.25) is 9.05 Å². The molecular weight excluding hydrogens is 1700 g/mol. The fourth-order valence-electron chi connectivity index (χ4n) is 5.37. The SMILES string of the molecule is CC(C)CCOP(=O)(O)O.CC(C)OCOP(=O)(O)O.CC(C)OCOP(=O)([O-])[O-].CCCCOC(=O)OCCC(C)C.CCCCOC(=O)OCCC(C)C.CNCCCOC(=O)OCCC(C)C.CNCCCOC(=O)OCOC(C)C.C[NH2+]CCCOC(=O)OCCC(C)C.C[NH2+]CCCOC(=O)OCOC(C)C.[Cl-].[Cl-].[Cl-].[Na+].[Na+].